The Morgan fingerprint density at radius 3 is 1.20 bits per heavy atom. The topological polar surface area (TPSA) is 111 Å². The number of carboxylic acid groups (broad SMARTS) is 1. The van der Waals surface area contributed by atoms with Crippen molar-refractivity contribution in [2.75, 3.05) is 47.5 Å². The molecule has 2 atom stereocenters. The van der Waals surface area contributed by atoms with Gasteiger partial charge < -0.3 is 33.3 Å². The minimum atomic E-state index is -1.62. The average Bonchev–Trinajstić information content (AvgIpc) is 3.31. The predicted molar refractivity (Wildman–Crippen MR) is 288 cm³/mol. The zero-order chi connectivity index (χ0) is 50.6. The maximum atomic E-state index is 12.8. The highest BCUT2D eigenvalue weighted by Gasteiger charge is 2.22. The Balaban J connectivity index is 4.01. The molecule has 2 unspecified atom stereocenters. The van der Waals surface area contributed by atoms with Crippen molar-refractivity contribution in [2.24, 2.45) is 0 Å². The van der Waals surface area contributed by atoms with Gasteiger partial charge in [0.1, 0.15) is 13.2 Å². The Kier molecular flexibility index (Phi) is 50.0. The maximum Gasteiger partial charge on any atom is 0.306 e. The second-order valence-corrected chi connectivity index (χ2v) is 20.9. The lowest BCUT2D eigenvalue weighted by Crippen LogP contribution is -2.44. The number of rotatable bonds is 54. The highest BCUT2D eigenvalue weighted by Crippen LogP contribution is 2.17. The largest absolute Gasteiger partial charge is 0.545 e. The van der Waals surface area contributed by atoms with E-state index in [9.17, 15) is 19.5 Å². The van der Waals surface area contributed by atoms with Crippen LogP contribution in [-0.2, 0) is 33.3 Å². The van der Waals surface area contributed by atoms with Crippen molar-refractivity contribution in [3.63, 3.8) is 0 Å². The van der Waals surface area contributed by atoms with Crippen LogP contribution in [0.5, 0.6) is 0 Å². The van der Waals surface area contributed by atoms with Crippen molar-refractivity contribution >= 4 is 17.9 Å². The number of nitrogens with zero attached hydrogens (tertiary/aromatic N) is 1. The van der Waals surface area contributed by atoms with Crippen LogP contribution >= 0.6 is 0 Å². The molecule has 0 radical (unpaired) electrons. The third-order valence-electron chi connectivity index (χ3n) is 12.9. The van der Waals surface area contributed by atoms with Crippen LogP contribution in [0.2, 0.25) is 0 Å². The van der Waals surface area contributed by atoms with Gasteiger partial charge in [-0.2, -0.15) is 0 Å². The van der Waals surface area contributed by atoms with Gasteiger partial charge in [-0.1, -0.05) is 230 Å². The van der Waals surface area contributed by atoms with Gasteiger partial charge >= 0.3 is 11.9 Å². The van der Waals surface area contributed by atoms with E-state index < -0.39 is 24.3 Å². The van der Waals surface area contributed by atoms with Gasteiger partial charge in [0, 0.05) is 12.8 Å². The summed E-state index contributed by atoms with van der Waals surface area (Å²) in [5, 5.41) is 11.7. The number of aliphatic carboxylic acids is 1. The molecule has 0 heterocycles. The Morgan fingerprint density at radius 1 is 0.435 bits per heavy atom. The molecule has 9 heteroatoms. The standard InChI is InChI=1S/C60H111NO8/c1-6-8-10-12-14-16-18-19-20-21-22-23-24-25-26-27-28-29-30-31-32-33-34-35-36-37-38-39-41-43-45-47-49-51-58(63)69-56(55-68-60(59(64)65)66-53-52-61(3,4)5)54-67-57(62)50-48-46-44-42-40-17-15-13-11-9-7-2/h13,15,18-19,21-22,56,60H,6-12,14,16-17,20,23-55H2,1-5H3/b15-13-,19-18-,22-21-. The molecule has 0 aromatic heterocycles. The zero-order valence-corrected chi connectivity index (χ0v) is 45.9. The first kappa shape index (κ1) is 66.5. The molecule has 0 N–H and O–H groups in total. The lowest BCUT2D eigenvalue weighted by atomic mass is 10.0. The van der Waals surface area contributed by atoms with Crippen LogP contribution in [0.3, 0.4) is 0 Å². The van der Waals surface area contributed by atoms with E-state index in [4.69, 9.17) is 18.9 Å². The molecule has 0 saturated carbocycles. The first-order chi connectivity index (χ1) is 33.6. The molecule has 0 saturated heterocycles. The van der Waals surface area contributed by atoms with Gasteiger partial charge in [-0.15, -0.1) is 0 Å². The number of hydrogen-bond donors (Lipinski definition) is 0. The van der Waals surface area contributed by atoms with E-state index in [0.29, 0.717) is 17.4 Å². The van der Waals surface area contributed by atoms with Crippen LogP contribution in [0, 0.1) is 0 Å². The van der Waals surface area contributed by atoms with Crippen LogP contribution < -0.4 is 5.11 Å². The van der Waals surface area contributed by atoms with Gasteiger partial charge in [-0.3, -0.25) is 9.59 Å². The van der Waals surface area contributed by atoms with Gasteiger partial charge in [0.15, 0.2) is 12.4 Å². The average molecular weight is 975 g/mol. The maximum absolute atomic E-state index is 12.8. The number of likely N-dealkylation sites (N-methyl/N-ethyl adjacent to an activating group) is 1. The number of unbranched alkanes of at least 4 members (excludes halogenated alkanes) is 33. The Bertz CT molecular complexity index is 1230. The minimum Gasteiger partial charge on any atom is -0.545 e. The fourth-order valence-electron chi connectivity index (χ4n) is 8.31. The van der Waals surface area contributed by atoms with Crippen molar-refractivity contribution in [1.29, 1.82) is 0 Å². The predicted octanol–water partition coefficient (Wildman–Crippen LogP) is 15.6. The lowest BCUT2D eigenvalue weighted by Gasteiger charge is -2.26. The molecule has 0 rings (SSSR count). The monoisotopic (exact) mass is 974 g/mol. The zero-order valence-electron chi connectivity index (χ0n) is 45.9. The summed E-state index contributed by atoms with van der Waals surface area (Å²) in [6.45, 7) is 4.71. The number of carbonyl (C=O) groups is 3. The van der Waals surface area contributed by atoms with Crippen LogP contribution in [0.1, 0.15) is 271 Å². The van der Waals surface area contributed by atoms with Crippen LogP contribution in [0.15, 0.2) is 36.5 Å². The van der Waals surface area contributed by atoms with Crippen LogP contribution in [0.4, 0.5) is 0 Å². The summed E-state index contributed by atoms with van der Waals surface area (Å²) >= 11 is 0. The molecule has 9 nitrogen and oxygen atoms in total. The first-order valence-corrected chi connectivity index (χ1v) is 29.1. The number of quaternary nitrogens is 1. The fourth-order valence-corrected chi connectivity index (χ4v) is 8.31. The summed E-state index contributed by atoms with van der Waals surface area (Å²) in [7, 11) is 5.92. The van der Waals surface area contributed by atoms with Gasteiger partial charge in [-0.25, -0.2) is 0 Å². The number of allylic oxidation sites excluding steroid dienone is 6. The number of hydrogen-bond acceptors (Lipinski definition) is 8. The van der Waals surface area contributed by atoms with Gasteiger partial charge in [0.05, 0.1) is 40.3 Å². The van der Waals surface area contributed by atoms with Crippen molar-refractivity contribution < 1.29 is 42.9 Å². The molecule has 0 aliphatic rings. The fraction of sp³-hybridized carbons (Fsp3) is 0.850. The summed E-state index contributed by atoms with van der Waals surface area (Å²) in [4.78, 5) is 37.1. The molecule has 0 fully saturated rings. The van der Waals surface area contributed by atoms with E-state index in [1.165, 1.54) is 173 Å². The molecular formula is C60H111NO8. The smallest absolute Gasteiger partial charge is 0.306 e. The molecule has 0 aliphatic heterocycles. The molecule has 0 amide bonds. The van der Waals surface area contributed by atoms with Gasteiger partial charge in [-0.05, 0) is 64.2 Å². The van der Waals surface area contributed by atoms with Gasteiger partial charge in [0.25, 0.3) is 0 Å². The third-order valence-corrected chi connectivity index (χ3v) is 12.9. The second kappa shape index (κ2) is 51.9. The van der Waals surface area contributed by atoms with Crippen molar-refractivity contribution in [2.45, 2.75) is 283 Å². The number of carbonyl (C=O) groups excluding carboxylic acids is 3. The summed E-state index contributed by atoms with van der Waals surface area (Å²) < 4.78 is 22.6. The van der Waals surface area contributed by atoms with Crippen LogP contribution in [0.25, 0.3) is 0 Å². The van der Waals surface area contributed by atoms with E-state index >= 15 is 0 Å². The number of esters is 2. The molecular weight excluding hydrogens is 863 g/mol. The number of ether oxygens (including phenoxy) is 4. The lowest BCUT2D eigenvalue weighted by molar-refractivity contribution is -0.870. The van der Waals surface area contributed by atoms with E-state index in [-0.39, 0.29) is 38.6 Å². The number of carboxylic acids is 1. The second-order valence-electron chi connectivity index (χ2n) is 20.9. The summed E-state index contributed by atoms with van der Waals surface area (Å²) in [5.74, 6) is -2.28. The summed E-state index contributed by atoms with van der Waals surface area (Å²) in [5.41, 5.74) is 0. The van der Waals surface area contributed by atoms with E-state index in [1.807, 2.05) is 21.1 Å². The van der Waals surface area contributed by atoms with E-state index in [1.54, 1.807) is 0 Å². The molecule has 0 bridgehead atoms. The molecule has 0 aromatic rings. The van der Waals surface area contributed by atoms with Crippen molar-refractivity contribution in [3.8, 4) is 0 Å². The molecule has 0 spiro atoms. The third kappa shape index (κ3) is 53.1. The molecule has 404 valence electrons. The Labute approximate surface area is 426 Å². The molecule has 0 aliphatic carbocycles. The SMILES string of the molecule is CCCC/C=C\CCCCCCCC(=O)OCC(COC(OCC[N+](C)(C)C)C(=O)[O-])OC(=O)CCCCCCCCCCCCCCCCCCCCCCC/C=C\C/C=C\CCCCCCC. The Morgan fingerprint density at radius 2 is 0.797 bits per heavy atom. The quantitative estimate of drug-likeness (QED) is 0.0195. The molecule has 0 aromatic carbocycles. The van der Waals surface area contributed by atoms with Gasteiger partial charge in [0.2, 0.25) is 0 Å². The highest BCUT2D eigenvalue weighted by molar-refractivity contribution is 5.70. The van der Waals surface area contributed by atoms with E-state index in [2.05, 4.69) is 50.3 Å². The van der Waals surface area contributed by atoms with Crippen molar-refractivity contribution in [1.82, 2.24) is 0 Å². The first-order valence-electron chi connectivity index (χ1n) is 29.1. The summed E-state index contributed by atoms with van der Waals surface area (Å²) in [6, 6.07) is 0. The Hall–Kier alpha value is -2.49. The van der Waals surface area contributed by atoms with E-state index in [0.717, 1.165) is 64.2 Å². The normalized spacial score (nSPS) is 13.0. The van der Waals surface area contributed by atoms with Crippen LogP contribution in [-0.4, -0.2) is 82.3 Å². The highest BCUT2D eigenvalue weighted by atomic mass is 16.7. The van der Waals surface area contributed by atoms with Crippen molar-refractivity contribution in [3.05, 3.63) is 36.5 Å². The summed E-state index contributed by atoms with van der Waals surface area (Å²) in [6.07, 6.45) is 59.4. The minimum absolute atomic E-state index is 0.148. The molecule has 69 heavy (non-hydrogen) atoms.